The van der Waals surface area contributed by atoms with Gasteiger partial charge in [-0.2, -0.15) is 0 Å². The van der Waals surface area contributed by atoms with Crippen LogP contribution in [0.25, 0.3) is 0 Å². The van der Waals surface area contributed by atoms with Gasteiger partial charge in [0, 0.05) is 18.0 Å². The van der Waals surface area contributed by atoms with Crippen molar-refractivity contribution in [3.05, 3.63) is 23.8 Å². The van der Waals surface area contributed by atoms with Gasteiger partial charge in [-0.3, -0.25) is 4.79 Å². The summed E-state index contributed by atoms with van der Waals surface area (Å²) >= 11 is 0. The molecular weight excluding hydrogens is 258 g/mol. The summed E-state index contributed by atoms with van der Waals surface area (Å²) in [5.74, 6) is 1.08. The first-order valence-electron chi connectivity index (χ1n) is 6.89. The number of methoxy groups -OCH3 is 1. The SMILES string of the molecule is COc1cccc(C(N)CCC(=O)O)c1OCC1CC1. The van der Waals surface area contributed by atoms with Crippen LogP contribution < -0.4 is 15.2 Å². The lowest BCUT2D eigenvalue weighted by Gasteiger charge is -2.19. The molecule has 0 bridgehead atoms. The van der Waals surface area contributed by atoms with Crippen molar-refractivity contribution in [3.8, 4) is 11.5 Å². The highest BCUT2D eigenvalue weighted by atomic mass is 16.5. The van der Waals surface area contributed by atoms with Gasteiger partial charge in [0.15, 0.2) is 11.5 Å². The van der Waals surface area contributed by atoms with Crippen LogP contribution in [0.4, 0.5) is 0 Å². The maximum absolute atomic E-state index is 10.7. The van der Waals surface area contributed by atoms with Crippen LogP contribution in [0.3, 0.4) is 0 Å². The van der Waals surface area contributed by atoms with Crippen LogP contribution in [-0.4, -0.2) is 24.8 Å². The standard InChI is InChI=1S/C15H21NO4/c1-19-13-4-2-3-11(12(16)7-8-14(17)18)15(13)20-9-10-5-6-10/h2-4,10,12H,5-9,16H2,1H3,(H,17,18). The lowest BCUT2D eigenvalue weighted by Crippen LogP contribution is -2.15. The summed E-state index contributed by atoms with van der Waals surface area (Å²) in [5.41, 5.74) is 6.90. The summed E-state index contributed by atoms with van der Waals surface area (Å²) in [4.78, 5) is 10.7. The van der Waals surface area contributed by atoms with Crippen molar-refractivity contribution in [2.75, 3.05) is 13.7 Å². The smallest absolute Gasteiger partial charge is 0.303 e. The number of nitrogens with two attached hydrogens (primary N) is 1. The van der Waals surface area contributed by atoms with Gasteiger partial charge >= 0.3 is 5.97 Å². The summed E-state index contributed by atoms with van der Waals surface area (Å²) < 4.78 is 11.2. The number of carboxylic acids is 1. The molecule has 110 valence electrons. The molecular formula is C15H21NO4. The van der Waals surface area contributed by atoms with Gasteiger partial charge in [-0.15, -0.1) is 0 Å². The Bertz CT molecular complexity index is 471. The first-order chi connectivity index (χ1) is 9.61. The number of carboxylic acid groups (broad SMARTS) is 1. The van der Waals surface area contributed by atoms with Crippen molar-refractivity contribution in [2.45, 2.75) is 31.7 Å². The summed E-state index contributed by atoms with van der Waals surface area (Å²) in [6.07, 6.45) is 2.83. The van der Waals surface area contributed by atoms with E-state index in [1.54, 1.807) is 7.11 Å². The van der Waals surface area contributed by atoms with Crippen LogP contribution in [0.2, 0.25) is 0 Å². The molecule has 1 atom stereocenters. The zero-order chi connectivity index (χ0) is 14.5. The Morgan fingerprint density at radius 2 is 2.25 bits per heavy atom. The van der Waals surface area contributed by atoms with Gasteiger partial charge in [0.2, 0.25) is 0 Å². The third-order valence-corrected chi connectivity index (χ3v) is 3.46. The van der Waals surface area contributed by atoms with Gasteiger partial charge in [-0.1, -0.05) is 12.1 Å². The van der Waals surface area contributed by atoms with Crippen molar-refractivity contribution in [1.82, 2.24) is 0 Å². The van der Waals surface area contributed by atoms with E-state index in [1.165, 1.54) is 12.8 Å². The summed E-state index contributed by atoms with van der Waals surface area (Å²) in [5, 5.41) is 8.75. The molecule has 1 aromatic carbocycles. The minimum Gasteiger partial charge on any atom is -0.493 e. The van der Waals surface area contributed by atoms with E-state index in [0.717, 1.165) is 5.56 Å². The van der Waals surface area contributed by atoms with Crippen LogP contribution in [-0.2, 0) is 4.79 Å². The second-order valence-corrected chi connectivity index (χ2v) is 5.17. The highest BCUT2D eigenvalue weighted by Gasteiger charge is 2.24. The van der Waals surface area contributed by atoms with Crippen molar-refractivity contribution in [2.24, 2.45) is 11.7 Å². The summed E-state index contributed by atoms with van der Waals surface area (Å²) in [6, 6.07) is 5.18. The molecule has 0 amide bonds. The molecule has 5 heteroatoms. The maximum Gasteiger partial charge on any atom is 0.303 e. The number of ether oxygens (including phenoxy) is 2. The average molecular weight is 279 g/mol. The topological polar surface area (TPSA) is 81.8 Å². The van der Waals surface area contributed by atoms with Crippen LogP contribution >= 0.6 is 0 Å². The van der Waals surface area contributed by atoms with E-state index in [4.69, 9.17) is 20.3 Å². The van der Waals surface area contributed by atoms with Gasteiger partial charge in [0.25, 0.3) is 0 Å². The van der Waals surface area contributed by atoms with Gasteiger partial charge in [-0.05, 0) is 31.2 Å². The fourth-order valence-corrected chi connectivity index (χ4v) is 2.06. The minimum absolute atomic E-state index is 0.0421. The predicted octanol–water partition coefficient (Wildman–Crippen LogP) is 2.35. The molecule has 1 saturated carbocycles. The molecule has 1 aliphatic rings. The molecule has 2 rings (SSSR count). The Morgan fingerprint density at radius 3 is 2.85 bits per heavy atom. The number of benzene rings is 1. The van der Waals surface area contributed by atoms with E-state index in [-0.39, 0.29) is 12.5 Å². The normalized spacial score (nSPS) is 15.7. The van der Waals surface area contributed by atoms with Gasteiger partial charge in [0.1, 0.15) is 0 Å². The average Bonchev–Trinajstić information content (AvgIpc) is 3.26. The molecule has 1 aliphatic carbocycles. The number of carbonyl (C=O) groups is 1. The highest BCUT2D eigenvalue weighted by Crippen LogP contribution is 2.37. The van der Waals surface area contributed by atoms with Crippen LogP contribution in [0.1, 0.15) is 37.3 Å². The van der Waals surface area contributed by atoms with Gasteiger partial charge in [-0.25, -0.2) is 0 Å². The Morgan fingerprint density at radius 1 is 1.50 bits per heavy atom. The lowest BCUT2D eigenvalue weighted by atomic mass is 10.0. The van der Waals surface area contributed by atoms with Gasteiger partial charge < -0.3 is 20.3 Å². The molecule has 0 aliphatic heterocycles. The van der Waals surface area contributed by atoms with Crippen LogP contribution in [0.15, 0.2) is 18.2 Å². The Balaban J connectivity index is 2.13. The van der Waals surface area contributed by atoms with E-state index < -0.39 is 5.97 Å². The Hall–Kier alpha value is -1.75. The van der Waals surface area contributed by atoms with Crippen molar-refractivity contribution in [3.63, 3.8) is 0 Å². The Kier molecular flexibility index (Phi) is 4.84. The number of hydrogen-bond donors (Lipinski definition) is 2. The molecule has 1 unspecified atom stereocenters. The van der Waals surface area contributed by atoms with Crippen molar-refractivity contribution in [1.29, 1.82) is 0 Å². The summed E-state index contributed by atoms with van der Waals surface area (Å²) in [6.45, 7) is 0.666. The molecule has 1 fully saturated rings. The second-order valence-electron chi connectivity index (χ2n) is 5.17. The molecule has 0 saturated heterocycles. The van der Waals surface area contributed by atoms with Crippen LogP contribution in [0, 0.1) is 5.92 Å². The maximum atomic E-state index is 10.7. The van der Waals surface area contributed by atoms with E-state index in [9.17, 15) is 4.79 Å². The first-order valence-corrected chi connectivity index (χ1v) is 6.89. The second kappa shape index (κ2) is 6.61. The monoisotopic (exact) mass is 279 g/mol. The lowest BCUT2D eigenvalue weighted by molar-refractivity contribution is -0.137. The predicted molar refractivity (Wildman–Crippen MR) is 75.0 cm³/mol. The largest absolute Gasteiger partial charge is 0.493 e. The van der Waals surface area contributed by atoms with Crippen molar-refractivity contribution >= 4 is 5.97 Å². The molecule has 20 heavy (non-hydrogen) atoms. The number of aliphatic carboxylic acids is 1. The van der Waals surface area contributed by atoms with Crippen molar-refractivity contribution < 1.29 is 19.4 Å². The molecule has 0 heterocycles. The van der Waals surface area contributed by atoms with E-state index in [1.807, 2.05) is 18.2 Å². The van der Waals surface area contributed by atoms with Crippen LogP contribution in [0.5, 0.6) is 11.5 Å². The number of hydrogen-bond acceptors (Lipinski definition) is 4. The summed E-state index contributed by atoms with van der Waals surface area (Å²) in [7, 11) is 1.59. The molecule has 0 spiro atoms. The van der Waals surface area contributed by atoms with E-state index in [2.05, 4.69) is 0 Å². The van der Waals surface area contributed by atoms with E-state index in [0.29, 0.717) is 30.4 Å². The molecule has 0 aromatic heterocycles. The molecule has 1 aromatic rings. The third kappa shape index (κ3) is 3.87. The third-order valence-electron chi connectivity index (χ3n) is 3.46. The van der Waals surface area contributed by atoms with E-state index >= 15 is 0 Å². The quantitative estimate of drug-likeness (QED) is 0.763. The fraction of sp³-hybridized carbons (Fsp3) is 0.533. The molecule has 5 nitrogen and oxygen atoms in total. The Labute approximate surface area is 118 Å². The fourth-order valence-electron chi connectivity index (χ4n) is 2.06. The zero-order valence-corrected chi connectivity index (χ0v) is 11.7. The molecule has 3 N–H and O–H groups in total. The number of para-hydroxylation sites is 1. The zero-order valence-electron chi connectivity index (χ0n) is 11.7. The first kappa shape index (κ1) is 14.7. The minimum atomic E-state index is -0.844. The highest BCUT2D eigenvalue weighted by molar-refractivity contribution is 5.66. The van der Waals surface area contributed by atoms with Gasteiger partial charge in [0.05, 0.1) is 13.7 Å². The number of rotatable bonds is 8. The molecule has 0 radical (unpaired) electrons.